The standard InChI is InChI=1S/C20H25N3O2S/c24-26(25,22-18-10-9-16-5-1-2-6-17(16)15-18)20-8-4-3-7-19(20)23-13-11-21-12-14-23/h3-4,7-10,15,21-22H,1-2,5-6,11-14H2. The smallest absolute Gasteiger partial charge is 0.263 e. The first-order valence-corrected chi connectivity index (χ1v) is 10.8. The van der Waals surface area contributed by atoms with Crippen LogP contribution in [0.3, 0.4) is 0 Å². The van der Waals surface area contributed by atoms with Gasteiger partial charge in [0.15, 0.2) is 0 Å². The third kappa shape index (κ3) is 3.57. The zero-order valence-electron chi connectivity index (χ0n) is 14.9. The lowest BCUT2D eigenvalue weighted by Gasteiger charge is -2.31. The molecule has 0 atom stereocenters. The van der Waals surface area contributed by atoms with E-state index in [1.54, 1.807) is 12.1 Å². The second-order valence-electron chi connectivity index (χ2n) is 7.00. The molecule has 0 radical (unpaired) electrons. The summed E-state index contributed by atoms with van der Waals surface area (Å²) >= 11 is 0. The first-order valence-electron chi connectivity index (χ1n) is 9.33. The summed E-state index contributed by atoms with van der Waals surface area (Å²) in [5, 5.41) is 3.30. The Morgan fingerprint density at radius 2 is 1.65 bits per heavy atom. The Labute approximate surface area is 155 Å². The van der Waals surface area contributed by atoms with Gasteiger partial charge in [-0.05, 0) is 61.1 Å². The molecule has 6 heteroatoms. The van der Waals surface area contributed by atoms with Gasteiger partial charge in [-0.15, -0.1) is 0 Å². The fourth-order valence-electron chi connectivity index (χ4n) is 3.86. The van der Waals surface area contributed by atoms with Crippen molar-refractivity contribution in [1.29, 1.82) is 0 Å². The molecule has 0 saturated carbocycles. The van der Waals surface area contributed by atoms with Crippen molar-refractivity contribution in [3.63, 3.8) is 0 Å². The van der Waals surface area contributed by atoms with Crippen LogP contribution in [0.25, 0.3) is 0 Å². The zero-order valence-corrected chi connectivity index (χ0v) is 15.7. The molecule has 1 fully saturated rings. The summed E-state index contributed by atoms with van der Waals surface area (Å²) in [6.07, 6.45) is 4.52. The molecule has 2 N–H and O–H groups in total. The van der Waals surface area contributed by atoms with Crippen molar-refractivity contribution in [2.75, 3.05) is 35.8 Å². The molecule has 1 heterocycles. The Hall–Kier alpha value is -2.05. The summed E-state index contributed by atoms with van der Waals surface area (Å²) in [6, 6.07) is 13.2. The lowest BCUT2D eigenvalue weighted by Crippen LogP contribution is -2.44. The molecule has 5 nitrogen and oxygen atoms in total. The van der Waals surface area contributed by atoms with Crippen LogP contribution in [0.5, 0.6) is 0 Å². The minimum atomic E-state index is -3.63. The van der Waals surface area contributed by atoms with E-state index in [9.17, 15) is 8.42 Å². The van der Waals surface area contributed by atoms with Gasteiger partial charge in [-0.3, -0.25) is 4.72 Å². The molecule has 0 bridgehead atoms. The molecule has 2 aromatic rings. The van der Waals surface area contributed by atoms with Crippen molar-refractivity contribution in [2.45, 2.75) is 30.6 Å². The van der Waals surface area contributed by atoms with Crippen molar-refractivity contribution < 1.29 is 8.42 Å². The van der Waals surface area contributed by atoms with Gasteiger partial charge in [-0.1, -0.05) is 18.2 Å². The predicted octanol–water partition coefficient (Wildman–Crippen LogP) is 2.78. The second kappa shape index (κ2) is 7.29. The molecule has 0 unspecified atom stereocenters. The van der Waals surface area contributed by atoms with Gasteiger partial charge in [-0.25, -0.2) is 8.42 Å². The van der Waals surface area contributed by atoms with E-state index in [-0.39, 0.29) is 0 Å². The Balaban J connectivity index is 1.63. The molecule has 1 saturated heterocycles. The maximum Gasteiger partial charge on any atom is 0.263 e. The SMILES string of the molecule is O=S(=O)(Nc1ccc2c(c1)CCCC2)c1ccccc1N1CCNCC1. The van der Waals surface area contributed by atoms with Crippen LogP contribution >= 0.6 is 0 Å². The topological polar surface area (TPSA) is 61.4 Å². The van der Waals surface area contributed by atoms with Gasteiger partial charge in [0.05, 0.1) is 5.69 Å². The van der Waals surface area contributed by atoms with Gasteiger partial charge in [0.25, 0.3) is 10.0 Å². The van der Waals surface area contributed by atoms with Gasteiger partial charge >= 0.3 is 0 Å². The molecular formula is C20H25N3O2S. The number of rotatable bonds is 4. The zero-order chi connectivity index (χ0) is 18.0. The number of anilines is 2. The molecule has 2 aliphatic rings. The number of sulfonamides is 1. The summed E-state index contributed by atoms with van der Waals surface area (Å²) in [5.41, 5.74) is 4.05. The summed E-state index contributed by atoms with van der Waals surface area (Å²) in [5.74, 6) is 0. The van der Waals surface area contributed by atoms with Crippen LogP contribution in [-0.2, 0) is 22.9 Å². The van der Waals surface area contributed by atoms with E-state index >= 15 is 0 Å². The van der Waals surface area contributed by atoms with Gasteiger partial charge < -0.3 is 10.2 Å². The number of aryl methyl sites for hydroxylation is 2. The van der Waals surface area contributed by atoms with E-state index in [0.29, 0.717) is 10.6 Å². The van der Waals surface area contributed by atoms with Crippen LogP contribution in [-0.4, -0.2) is 34.6 Å². The monoisotopic (exact) mass is 371 g/mol. The normalized spacial score (nSPS) is 17.6. The molecule has 0 spiro atoms. The third-order valence-corrected chi connectivity index (χ3v) is 6.64. The number of para-hydroxylation sites is 1. The molecule has 1 aliphatic heterocycles. The van der Waals surface area contributed by atoms with Gasteiger partial charge in [-0.2, -0.15) is 0 Å². The summed E-state index contributed by atoms with van der Waals surface area (Å²) in [7, 11) is -3.63. The fourth-order valence-corrected chi connectivity index (χ4v) is 5.14. The predicted molar refractivity (Wildman–Crippen MR) is 105 cm³/mol. The largest absolute Gasteiger partial charge is 0.368 e. The van der Waals surface area contributed by atoms with Crippen LogP contribution in [0.2, 0.25) is 0 Å². The first-order chi connectivity index (χ1) is 12.6. The third-order valence-electron chi connectivity index (χ3n) is 5.21. The molecule has 26 heavy (non-hydrogen) atoms. The average molecular weight is 372 g/mol. The lowest BCUT2D eigenvalue weighted by atomic mass is 9.91. The Bertz CT molecular complexity index is 890. The minimum absolute atomic E-state index is 0.347. The van der Waals surface area contributed by atoms with Gasteiger partial charge in [0, 0.05) is 31.9 Å². The van der Waals surface area contributed by atoms with Crippen molar-refractivity contribution in [3.05, 3.63) is 53.6 Å². The summed E-state index contributed by atoms with van der Waals surface area (Å²) in [4.78, 5) is 2.48. The van der Waals surface area contributed by atoms with Crippen molar-refractivity contribution in [1.82, 2.24) is 5.32 Å². The number of benzene rings is 2. The Morgan fingerprint density at radius 3 is 2.46 bits per heavy atom. The number of fused-ring (bicyclic) bond motifs is 1. The molecule has 0 amide bonds. The molecular weight excluding hydrogens is 346 g/mol. The van der Waals surface area contributed by atoms with E-state index in [1.165, 1.54) is 24.0 Å². The Morgan fingerprint density at radius 1 is 0.923 bits per heavy atom. The number of hydrogen-bond acceptors (Lipinski definition) is 4. The molecule has 0 aromatic heterocycles. The number of hydrogen-bond donors (Lipinski definition) is 2. The summed E-state index contributed by atoms with van der Waals surface area (Å²) < 4.78 is 29.0. The number of piperazine rings is 1. The lowest BCUT2D eigenvalue weighted by molar-refractivity contribution is 0.581. The van der Waals surface area contributed by atoms with Crippen LogP contribution in [0, 0.1) is 0 Å². The minimum Gasteiger partial charge on any atom is -0.368 e. The Kier molecular flexibility index (Phi) is 4.87. The highest BCUT2D eigenvalue weighted by Gasteiger charge is 2.23. The number of nitrogens with one attached hydrogen (secondary N) is 2. The van der Waals surface area contributed by atoms with Crippen LogP contribution < -0.4 is 14.9 Å². The molecule has 2 aromatic carbocycles. The second-order valence-corrected chi connectivity index (χ2v) is 8.65. The van der Waals surface area contributed by atoms with Crippen LogP contribution in [0.4, 0.5) is 11.4 Å². The van der Waals surface area contributed by atoms with E-state index in [1.807, 2.05) is 24.3 Å². The van der Waals surface area contributed by atoms with E-state index in [0.717, 1.165) is 44.7 Å². The quantitative estimate of drug-likeness (QED) is 0.868. The highest BCUT2D eigenvalue weighted by atomic mass is 32.2. The molecule has 1 aliphatic carbocycles. The van der Waals surface area contributed by atoms with Crippen molar-refractivity contribution in [3.8, 4) is 0 Å². The summed E-state index contributed by atoms with van der Waals surface area (Å²) in [6.45, 7) is 3.36. The van der Waals surface area contributed by atoms with E-state index in [4.69, 9.17) is 0 Å². The first kappa shape index (κ1) is 17.4. The van der Waals surface area contributed by atoms with Gasteiger partial charge in [0.1, 0.15) is 4.90 Å². The van der Waals surface area contributed by atoms with Crippen molar-refractivity contribution in [2.24, 2.45) is 0 Å². The molecule has 4 rings (SSSR count). The van der Waals surface area contributed by atoms with Gasteiger partial charge in [0.2, 0.25) is 0 Å². The fraction of sp³-hybridized carbons (Fsp3) is 0.400. The number of nitrogens with zero attached hydrogens (tertiary/aromatic N) is 1. The van der Waals surface area contributed by atoms with Crippen molar-refractivity contribution >= 4 is 21.4 Å². The average Bonchev–Trinajstić information content (AvgIpc) is 2.68. The highest BCUT2D eigenvalue weighted by Crippen LogP contribution is 2.29. The highest BCUT2D eigenvalue weighted by molar-refractivity contribution is 7.92. The van der Waals surface area contributed by atoms with E-state index in [2.05, 4.69) is 21.0 Å². The van der Waals surface area contributed by atoms with Crippen LogP contribution in [0.1, 0.15) is 24.0 Å². The molecule has 138 valence electrons. The maximum atomic E-state index is 13.1. The van der Waals surface area contributed by atoms with E-state index < -0.39 is 10.0 Å². The maximum absolute atomic E-state index is 13.1. The van der Waals surface area contributed by atoms with Crippen LogP contribution in [0.15, 0.2) is 47.4 Å².